The van der Waals surface area contributed by atoms with Gasteiger partial charge in [-0.1, -0.05) is 13.8 Å². The summed E-state index contributed by atoms with van der Waals surface area (Å²) >= 11 is 0. The van der Waals surface area contributed by atoms with Gasteiger partial charge in [0.2, 0.25) is 0 Å². The normalized spacial score (nSPS) is 25.8. The Morgan fingerprint density at radius 3 is 2.67 bits per heavy atom. The van der Waals surface area contributed by atoms with E-state index in [9.17, 15) is 0 Å². The molecule has 2 aromatic rings. The van der Waals surface area contributed by atoms with E-state index in [4.69, 9.17) is 0 Å². The average molecular weight is 284 g/mol. The molecular formula is C17H24N4. The first-order valence-corrected chi connectivity index (χ1v) is 7.86. The zero-order chi connectivity index (χ0) is 14.8. The third-order valence-electron chi connectivity index (χ3n) is 4.60. The first-order valence-electron chi connectivity index (χ1n) is 7.86. The molecule has 3 rings (SSSR count). The number of anilines is 1. The number of rotatable bonds is 3. The van der Waals surface area contributed by atoms with Crippen molar-refractivity contribution in [2.75, 3.05) is 5.32 Å². The molecule has 0 radical (unpaired) electrons. The fraction of sp³-hybridized carbons (Fsp3) is 0.529. The number of hydrogen-bond donors (Lipinski definition) is 1. The van der Waals surface area contributed by atoms with Gasteiger partial charge in [-0.25, -0.2) is 9.97 Å². The number of nitrogens with zero attached hydrogens (tertiary/aromatic N) is 3. The smallest absolute Gasteiger partial charge is 0.138 e. The Morgan fingerprint density at radius 1 is 1.19 bits per heavy atom. The fourth-order valence-corrected chi connectivity index (χ4v) is 3.33. The molecule has 21 heavy (non-hydrogen) atoms. The molecule has 3 unspecified atom stereocenters. The minimum Gasteiger partial charge on any atom is -0.381 e. The van der Waals surface area contributed by atoms with Gasteiger partial charge >= 0.3 is 0 Å². The summed E-state index contributed by atoms with van der Waals surface area (Å²) in [6, 6.07) is 4.74. The van der Waals surface area contributed by atoms with Crippen molar-refractivity contribution in [3.05, 3.63) is 36.5 Å². The van der Waals surface area contributed by atoms with Gasteiger partial charge in [-0.05, 0) is 50.2 Å². The van der Waals surface area contributed by atoms with E-state index in [1.165, 1.54) is 19.3 Å². The second-order valence-electron chi connectivity index (χ2n) is 6.40. The zero-order valence-corrected chi connectivity index (χ0v) is 13.1. The van der Waals surface area contributed by atoms with Gasteiger partial charge in [0.15, 0.2) is 0 Å². The quantitative estimate of drug-likeness (QED) is 0.932. The molecule has 1 saturated carbocycles. The summed E-state index contributed by atoms with van der Waals surface area (Å²) < 4.78 is 1.99. The maximum Gasteiger partial charge on any atom is 0.138 e. The molecule has 1 fully saturated rings. The van der Waals surface area contributed by atoms with E-state index in [0.717, 1.165) is 29.2 Å². The van der Waals surface area contributed by atoms with Crippen LogP contribution >= 0.6 is 0 Å². The van der Waals surface area contributed by atoms with Crippen molar-refractivity contribution in [1.82, 2.24) is 14.5 Å². The van der Waals surface area contributed by atoms with Crippen molar-refractivity contribution in [2.45, 2.75) is 46.1 Å². The Morgan fingerprint density at radius 2 is 2.05 bits per heavy atom. The van der Waals surface area contributed by atoms with Crippen molar-refractivity contribution in [3.8, 4) is 5.82 Å². The number of aryl methyl sites for hydroxylation is 1. The van der Waals surface area contributed by atoms with Crippen LogP contribution in [0, 0.1) is 18.8 Å². The highest BCUT2D eigenvalue weighted by molar-refractivity contribution is 5.45. The predicted molar refractivity (Wildman–Crippen MR) is 85.7 cm³/mol. The number of pyridine rings is 1. The molecule has 3 atom stereocenters. The average Bonchev–Trinajstić information content (AvgIpc) is 2.89. The molecule has 112 valence electrons. The van der Waals surface area contributed by atoms with Crippen molar-refractivity contribution in [3.63, 3.8) is 0 Å². The summed E-state index contributed by atoms with van der Waals surface area (Å²) in [4.78, 5) is 8.78. The number of imidazole rings is 1. The van der Waals surface area contributed by atoms with Crippen LogP contribution in [0.4, 0.5) is 5.69 Å². The second kappa shape index (κ2) is 5.88. The lowest BCUT2D eigenvalue weighted by molar-refractivity contribution is 0.276. The van der Waals surface area contributed by atoms with Crippen molar-refractivity contribution < 1.29 is 0 Å². The molecule has 4 heteroatoms. The van der Waals surface area contributed by atoms with Gasteiger partial charge in [-0.15, -0.1) is 0 Å². The first kappa shape index (κ1) is 14.1. The summed E-state index contributed by atoms with van der Waals surface area (Å²) in [6.45, 7) is 6.69. The lowest BCUT2D eigenvalue weighted by atomic mass is 9.80. The summed E-state index contributed by atoms with van der Waals surface area (Å²) in [6.07, 6.45) is 9.56. The van der Waals surface area contributed by atoms with E-state index in [1.807, 2.05) is 30.0 Å². The van der Waals surface area contributed by atoms with E-state index < -0.39 is 0 Å². The van der Waals surface area contributed by atoms with Crippen LogP contribution in [0.5, 0.6) is 0 Å². The molecule has 0 bridgehead atoms. The molecule has 4 nitrogen and oxygen atoms in total. The topological polar surface area (TPSA) is 42.7 Å². The highest BCUT2D eigenvalue weighted by Crippen LogP contribution is 2.30. The molecule has 1 N–H and O–H groups in total. The lowest BCUT2D eigenvalue weighted by Crippen LogP contribution is -2.33. The predicted octanol–water partition coefficient (Wildman–Crippen LogP) is 3.81. The van der Waals surface area contributed by atoms with Crippen LogP contribution in [-0.2, 0) is 0 Å². The Labute approximate surface area is 126 Å². The van der Waals surface area contributed by atoms with E-state index >= 15 is 0 Å². The Hall–Kier alpha value is -1.84. The fourth-order valence-electron chi connectivity index (χ4n) is 3.33. The molecule has 0 spiro atoms. The summed E-state index contributed by atoms with van der Waals surface area (Å²) in [5, 5.41) is 3.65. The lowest BCUT2D eigenvalue weighted by Gasteiger charge is -2.33. The first-order chi connectivity index (χ1) is 10.1. The summed E-state index contributed by atoms with van der Waals surface area (Å²) in [5.74, 6) is 3.46. The second-order valence-corrected chi connectivity index (χ2v) is 6.40. The van der Waals surface area contributed by atoms with E-state index in [1.54, 1.807) is 6.20 Å². The van der Waals surface area contributed by atoms with Gasteiger partial charge in [0.25, 0.3) is 0 Å². The van der Waals surface area contributed by atoms with E-state index in [0.29, 0.717) is 6.04 Å². The molecule has 2 aromatic heterocycles. The largest absolute Gasteiger partial charge is 0.381 e. The minimum absolute atomic E-state index is 0.573. The number of aromatic nitrogens is 3. The molecular weight excluding hydrogens is 260 g/mol. The van der Waals surface area contributed by atoms with Crippen molar-refractivity contribution in [2.24, 2.45) is 11.8 Å². The SMILES string of the molecule is Cc1nccn1-c1ccc(NC2CCC(C)CC2C)cn1. The van der Waals surface area contributed by atoms with Gasteiger partial charge in [0.1, 0.15) is 11.6 Å². The van der Waals surface area contributed by atoms with Crippen LogP contribution in [0.3, 0.4) is 0 Å². The third kappa shape index (κ3) is 3.09. The summed E-state index contributed by atoms with van der Waals surface area (Å²) in [7, 11) is 0. The van der Waals surface area contributed by atoms with Gasteiger partial charge in [0, 0.05) is 18.4 Å². The van der Waals surface area contributed by atoms with Crippen LogP contribution in [0.1, 0.15) is 38.9 Å². The standard InChI is InChI=1S/C17H24N4/c1-12-4-6-16(13(2)10-12)20-15-5-7-17(19-11-15)21-9-8-18-14(21)3/h5,7-9,11-13,16,20H,4,6,10H2,1-3H3. The monoisotopic (exact) mass is 284 g/mol. The highest BCUT2D eigenvalue weighted by Gasteiger charge is 2.25. The highest BCUT2D eigenvalue weighted by atomic mass is 15.1. The maximum atomic E-state index is 4.55. The summed E-state index contributed by atoms with van der Waals surface area (Å²) in [5.41, 5.74) is 1.11. The minimum atomic E-state index is 0.573. The van der Waals surface area contributed by atoms with Crippen LogP contribution in [0.25, 0.3) is 5.82 Å². The van der Waals surface area contributed by atoms with Gasteiger partial charge in [0.05, 0.1) is 11.9 Å². The van der Waals surface area contributed by atoms with Crippen LogP contribution in [-0.4, -0.2) is 20.6 Å². The zero-order valence-electron chi connectivity index (χ0n) is 13.1. The Kier molecular flexibility index (Phi) is 3.95. The molecule has 1 aliphatic carbocycles. The Bertz CT molecular complexity index is 587. The van der Waals surface area contributed by atoms with Crippen LogP contribution < -0.4 is 5.32 Å². The maximum absolute atomic E-state index is 4.55. The van der Waals surface area contributed by atoms with E-state index in [2.05, 4.69) is 35.2 Å². The molecule has 0 saturated heterocycles. The van der Waals surface area contributed by atoms with Crippen LogP contribution in [0.2, 0.25) is 0 Å². The molecule has 1 aliphatic rings. The molecule has 0 aromatic carbocycles. The van der Waals surface area contributed by atoms with Crippen LogP contribution in [0.15, 0.2) is 30.7 Å². The molecule has 0 aliphatic heterocycles. The Balaban J connectivity index is 1.69. The van der Waals surface area contributed by atoms with Crippen molar-refractivity contribution in [1.29, 1.82) is 0 Å². The molecule has 0 amide bonds. The van der Waals surface area contributed by atoms with Gasteiger partial charge < -0.3 is 5.32 Å². The van der Waals surface area contributed by atoms with Crippen molar-refractivity contribution >= 4 is 5.69 Å². The molecule has 2 heterocycles. The third-order valence-corrected chi connectivity index (χ3v) is 4.60. The van der Waals surface area contributed by atoms with Gasteiger partial charge in [-0.2, -0.15) is 0 Å². The van der Waals surface area contributed by atoms with Gasteiger partial charge in [-0.3, -0.25) is 4.57 Å². The number of hydrogen-bond acceptors (Lipinski definition) is 3. The van der Waals surface area contributed by atoms with E-state index in [-0.39, 0.29) is 0 Å². The number of nitrogens with one attached hydrogen (secondary N) is 1.